The highest BCUT2D eigenvalue weighted by Crippen LogP contribution is 2.25. The summed E-state index contributed by atoms with van der Waals surface area (Å²) in [5, 5.41) is 4.19. The number of hydrogen-bond donors (Lipinski definition) is 2. The lowest BCUT2D eigenvalue weighted by molar-refractivity contribution is 0.0954. The SMILES string of the molecule is COc1cncnc1N1CCN(CCCc2c[nH]c3ccc(C(=O)NCCc4ccccc4)cc23)CC1. The Bertz CT molecular complexity index is 1310. The summed E-state index contributed by atoms with van der Waals surface area (Å²) in [6.07, 6.45) is 8.24. The summed E-state index contributed by atoms with van der Waals surface area (Å²) in [4.78, 5) is 29.4. The molecule has 0 aliphatic carbocycles. The van der Waals surface area contributed by atoms with Gasteiger partial charge in [0.15, 0.2) is 11.6 Å². The van der Waals surface area contributed by atoms with Crippen LogP contribution in [0.2, 0.25) is 0 Å². The van der Waals surface area contributed by atoms with Crippen LogP contribution in [-0.4, -0.2) is 72.1 Å². The van der Waals surface area contributed by atoms with Crippen molar-refractivity contribution >= 4 is 22.6 Å². The molecule has 2 N–H and O–H groups in total. The molecule has 0 unspecified atom stereocenters. The number of benzene rings is 2. The van der Waals surface area contributed by atoms with Gasteiger partial charge in [0, 0.05) is 55.4 Å². The minimum absolute atomic E-state index is 0.0248. The second-order valence-corrected chi connectivity index (χ2v) is 9.41. The first-order valence-corrected chi connectivity index (χ1v) is 12.9. The molecule has 3 heterocycles. The largest absolute Gasteiger partial charge is 0.491 e. The van der Waals surface area contributed by atoms with Crippen LogP contribution >= 0.6 is 0 Å². The molecule has 0 radical (unpaired) electrons. The molecule has 0 atom stereocenters. The summed E-state index contributed by atoms with van der Waals surface area (Å²) in [6, 6.07) is 16.1. The monoisotopic (exact) mass is 498 g/mol. The molecule has 0 saturated carbocycles. The van der Waals surface area contributed by atoms with Gasteiger partial charge in [-0.25, -0.2) is 9.97 Å². The second kappa shape index (κ2) is 11.9. The maximum Gasteiger partial charge on any atom is 0.251 e. The van der Waals surface area contributed by atoms with Crippen molar-refractivity contribution in [2.75, 3.05) is 51.3 Å². The van der Waals surface area contributed by atoms with Crippen LogP contribution in [0.4, 0.5) is 5.82 Å². The zero-order valence-corrected chi connectivity index (χ0v) is 21.3. The number of ether oxygens (including phenoxy) is 1. The first-order chi connectivity index (χ1) is 18.2. The fourth-order valence-corrected chi connectivity index (χ4v) is 4.96. The predicted molar refractivity (Wildman–Crippen MR) is 146 cm³/mol. The summed E-state index contributed by atoms with van der Waals surface area (Å²) in [5.41, 5.74) is 4.26. The molecule has 8 nitrogen and oxygen atoms in total. The summed E-state index contributed by atoms with van der Waals surface area (Å²) in [5.74, 6) is 1.57. The van der Waals surface area contributed by atoms with Crippen molar-refractivity contribution in [3.8, 4) is 5.75 Å². The zero-order chi connectivity index (χ0) is 25.5. The van der Waals surface area contributed by atoms with E-state index < -0.39 is 0 Å². The van der Waals surface area contributed by atoms with Crippen LogP contribution in [0.25, 0.3) is 10.9 Å². The highest BCUT2D eigenvalue weighted by atomic mass is 16.5. The number of methoxy groups -OCH3 is 1. The van der Waals surface area contributed by atoms with Crippen molar-refractivity contribution in [1.82, 2.24) is 25.2 Å². The molecule has 8 heteroatoms. The van der Waals surface area contributed by atoms with Gasteiger partial charge < -0.3 is 19.9 Å². The molecule has 4 aromatic rings. The molecule has 2 aromatic heterocycles. The van der Waals surface area contributed by atoms with Crippen LogP contribution in [-0.2, 0) is 12.8 Å². The van der Waals surface area contributed by atoms with Gasteiger partial charge >= 0.3 is 0 Å². The van der Waals surface area contributed by atoms with Gasteiger partial charge in [-0.3, -0.25) is 9.69 Å². The van der Waals surface area contributed by atoms with Crippen molar-refractivity contribution in [3.63, 3.8) is 0 Å². The first kappa shape index (κ1) is 24.8. The van der Waals surface area contributed by atoms with Gasteiger partial charge in [-0.15, -0.1) is 0 Å². The van der Waals surface area contributed by atoms with Crippen molar-refractivity contribution in [1.29, 1.82) is 0 Å². The molecule has 1 saturated heterocycles. The molecule has 1 fully saturated rings. The number of nitrogens with zero attached hydrogens (tertiary/aromatic N) is 4. The van der Waals surface area contributed by atoms with E-state index in [2.05, 4.69) is 48.4 Å². The Labute approximate surface area is 217 Å². The van der Waals surface area contributed by atoms with Gasteiger partial charge in [-0.2, -0.15) is 0 Å². The fourth-order valence-electron chi connectivity index (χ4n) is 4.96. The molecule has 1 aliphatic heterocycles. The predicted octanol–water partition coefficient (Wildman–Crippen LogP) is 3.69. The Morgan fingerprint density at radius 2 is 1.92 bits per heavy atom. The number of rotatable bonds is 10. The molecule has 5 rings (SSSR count). The van der Waals surface area contributed by atoms with E-state index in [1.165, 1.54) is 11.1 Å². The topological polar surface area (TPSA) is 86.4 Å². The van der Waals surface area contributed by atoms with E-state index in [4.69, 9.17) is 4.74 Å². The summed E-state index contributed by atoms with van der Waals surface area (Å²) in [6.45, 7) is 5.49. The number of aromatic nitrogens is 3. The standard InChI is InChI=1S/C29H34N6O2/c1-37-27-20-30-21-33-28(27)35-16-14-34(15-17-35)13-5-8-24-19-32-26-10-9-23(18-25(24)26)29(36)31-12-11-22-6-3-2-4-7-22/h2-4,6-7,9-10,18-21,32H,5,8,11-17H2,1H3,(H,31,36). The molecular weight excluding hydrogens is 464 g/mol. The fraction of sp³-hybridized carbons (Fsp3) is 0.345. The number of piperazine rings is 1. The third-order valence-electron chi connectivity index (χ3n) is 7.04. The average Bonchev–Trinajstić information content (AvgIpc) is 3.36. The average molecular weight is 499 g/mol. The van der Waals surface area contributed by atoms with Crippen molar-refractivity contribution in [3.05, 3.63) is 83.9 Å². The van der Waals surface area contributed by atoms with E-state index in [1.54, 1.807) is 19.6 Å². The Kier molecular flexibility index (Phi) is 7.96. The molecule has 0 bridgehead atoms. The molecule has 192 valence electrons. The van der Waals surface area contributed by atoms with Gasteiger partial charge in [0.1, 0.15) is 6.33 Å². The van der Waals surface area contributed by atoms with Gasteiger partial charge in [0.2, 0.25) is 0 Å². The number of hydrogen-bond acceptors (Lipinski definition) is 6. The maximum absolute atomic E-state index is 12.8. The molecule has 37 heavy (non-hydrogen) atoms. The van der Waals surface area contributed by atoms with E-state index >= 15 is 0 Å². The lowest BCUT2D eigenvalue weighted by Gasteiger charge is -2.35. The summed E-state index contributed by atoms with van der Waals surface area (Å²) < 4.78 is 5.42. The lowest BCUT2D eigenvalue weighted by atomic mass is 10.0. The van der Waals surface area contributed by atoms with Crippen LogP contribution in [0.1, 0.15) is 27.9 Å². The Hall–Kier alpha value is -3.91. The van der Waals surface area contributed by atoms with Gasteiger partial charge in [-0.05, 0) is 55.1 Å². The number of carbonyl (C=O) groups is 1. The van der Waals surface area contributed by atoms with Crippen molar-refractivity contribution in [2.24, 2.45) is 0 Å². The number of aromatic amines is 1. The molecule has 2 aromatic carbocycles. The van der Waals surface area contributed by atoms with Crippen molar-refractivity contribution < 1.29 is 9.53 Å². The number of carbonyl (C=O) groups excluding carboxylic acids is 1. The third kappa shape index (κ3) is 6.09. The Morgan fingerprint density at radius 3 is 2.73 bits per heavy atom. The Morgan fingerprint density at radius 1 is 1.08 bits per heavy atom. The van der Waals surface area contributed by atoms with E-state index in [0.717, 1.165) is 74.5 Å². The maximum atomic E-state index is 12.8. The Balaban J connectivity index is 1.11. The normalized spacial score (nSPS) is 14.1. The van der Waals surface area contributed by atoms with E-state index in [1.807, 2.05) is 36.4 Å². The van der Waals surface area contributed by atoms with Crippen LogP contribution in [0.15, 0.2) is 67.3 Å². The van der Waals surface area contributed by atoms with Crippen LogP contribution in [0.3, 0.4) is 0 Å². The number of aryl methyl sites for hydroxylation is 1. The molecular formula is C29H34N6O2. The number of amides is 1. The van der Waals surface area contributed by atoms with Gasteiger partial charge in [0.25, 0.3) is 5.91 Å². The molecule has 1 amide bonds. The smallest absolute Gasteiger partial charge is 0.251 e. The summed E-state index contributed by atoms with van der Waals surface area (Å²) >= 11 is 0. The number of fused-ring (bicyclic) bond motifs is 1. The summed E-state index contributed by atoms with van der Waals surface area (Å²) in [7, 11) is 1.66. The van der Waals surface area contributed by atoms with E-state index in [0.29, 0.717) is 12.1 Å². The van der Waals surface area contributed by atoms with Crippen LogP contribution in [0, 0.1) is 0 Å². The molecule has 0 spiro atoms. The van der Waals surface area contributed by atoms with Crippen molar-refractivity contribution in [2.45, 2.75) is 19.3 Å². The third-order valence-corrected chi connectivity index (χ3v) is 7.04. The second-order valence-electron chi connectivity index (χ2n) is 9.41. The highest BCUT2D eigenvalue weighted by Gasteiger charge is 2.20. The zero-order valence-electron chi connectivity index (χ0n) is 21.3. The molecule has 1 aliphatic rings. The lowest BCUT2D eigenvalue weighted by Crippen LogP contribution is -2.47. The highest BCUT2D eigenvalue weighted by molar-refractivity contribution is 5.98. The number of anilines is 1. The minimum Gasteiger partial charge on any atom is -0.491 e. The van der Waals surface area contributed by atoms with Crippen LogP contribution in [0.5, 0.6) is 5.75 Å². The van der Waals surface area contributed by atoms with E-state index in [-0.39, 0.29) is 5.91 Å². The number of nitrogens with one attached hydrogen (secondary N) is 2. The van der Waals surface area contributed by atoms with Gasteiger partial charge in [0.05, 0.1) is 13.3 Å². The number of H-pyrrole nitrogens is 1. The minimum atomic E-state index is -0.0248. The van der Waals surface area contributed by atoms with Crippen LogP contribution < -0.4 is 15.0 Å². The quantitative estimate of drug-likeness (QED) is 0.347. The first-order valence-electron chi connectivity index (χ1n) is 12.9. The van der Waals surface area contributed by atoms with Gasteiger partial charge in [-0.1, -0.05) is 30.3 Å². The van der Waals surface area contributed by atoms with E-state index in [9.17, 15) is 4.79 Å².